The number of ketones is 1. The van der Waals surface area contributed by atoms with Crippen LogP contribution >= 0.6 is 0 Å². The first-order valence-electron chi connectivity index (χ1n) is 6.74. The lowest BCUT2D eigenvalue weighted by Gasteiger charge is -2.31. The molecule has 1 aliphatic heterocycles. The van der Waals surface area contributed by atoms with Crippen molar-refractivity contribution in [1.29, 1.82) is 0 Å². The van der Waals surface area contributed by atoms with Crippen molar-refractivity contribution in [2.75, 3.05) is 0 Å². The van der Waals surface area contributed by atoms with E-state index in [2.05, 4.69) is 5.32 Å². The number of carbonyl (C=O) groups is 2. The Bertz CT molecular complexity index is 643. The van der Waals surface area contributed by atoms with Gasteiger partial charge in [-0.2, -0.15) is 0 Å². The number of Topliss-reactive ketones (excluding diaryl/α,β-unsaturated/α-hetero) is 1. The molecular weight excluding hydrogens is 254 g/mol. The van der Waals surface area contributed by atoms with Crippen LogP contribution in [0.2, 0.25) is 0 Å². The predicted octanol–water partition coefficient (Wildman–Crippen LogP) is 2.67. The molecule has 1 aromatic rings. The van der Waals surface area contributed by atoms with E-state index in [1.54, 1.807) is 12.1 Å². The van der Waals surface area contributed by atoms with Gasteiger partial charge in [0.2, 0.25) is 0 Å². The fourth-order valence-electron chi connectivity index (χ4n) is 3.10. The molecule has 1 atom stereocenters. The standard InChI is InChI=1S/C16H17NO3/c1-16(2)7-11(18)13(12(19)8-16)14-9-5-3-4-6-10(9)15(20)17-14/h3-6,14,18H,7-8H2,1-2H3,(H,17,20). The lowest BCUT2D eigenvalue weighted by Crippen LogP contribution is -2.32. The van der Waals surface area contributed by atoms with E-state index in [4.69, 9.17) is 0 Å². The van der Waals surface area contributed by atoms with Gasteiger partial charge in [-0.15, -0.1) is 0 Å². The van der Waals surface area contributed by atoms with Gasteiger partial charge in [-0.25, -0.2) is 0 Å². The first-order valence-corrected chi connectivity index (χ1v) is 6.74. The summed E-state index contributed by atoms with van der Waals surface area (Å²) in [6.45, 7) is 3.91. The molecule has 3 rings (SSSR count). The summed E-state index contributed by atoms with van der Waals surface area (Å²) >= 11 is 0. The van der Waals surface area contributed by atoms with Crippen LogP contribution in [0.25, 0.3) is 0 Å². The first-order chi connectivity index (χ1) is 9.39. The average Bonchev–Trinajstić information content (AvgIpc) is 2.65. The molecule has 0 saturated carbocycles. The fraction of sp³-hybridized carbons (Fsp3) is 0.375. The van der Waals surface area contributed by atoms with E-state index in [1.807, 2.05) is 26.0 Å². The number of amides is 1. The maximum atomic E-state index is 12.4. The molecule has 1 aliphatic carbocycles. The molecule has 0 radical (unpaired) electrons. The number of hydrogen-bond acceptors (Lipinski definition) is 3. The summed E-state index contributed by atoms with van der Waals surface area (Å²) < 4.78 is 0. The number of carbonyl (C=O) groups excluding carboxylic acids is 2. The lowest BCUT2D eigenvalue weighted by molar-refractivity contribution is -0.118. The smallest absolute Gasteiger partial charge is 0.252 e. The van der Waals surface area contributed by atoms with Crippen LogP contribution in [0.5, 0.6) is 0 Å². The Morgan fingerprint density at radius 3 is 2.60 bits per heavy atom. The molecule has 1 heterocycles. The lowest BCUT2D eigenvalue weighted by atomic mass is 9.74. The molecule has 4 nitrogen and oxygen atoms in total. The van der Waals surface area contributed by atoms with Crippen LogP contribution < -0.4 is 5.32 Å². The molecule has 2 aliphatic rings. The Hall–Kier alpha value is -2.10. The number of benzene rings is 1. The minimum absolute atomic E-state index is 0.0826. The molecule has 1 unspecified atom stereocenters. The van der Waals surface area contributed by atoms with Crippen LogP contribution in [0.4, 0.5) is 0 Å². The maximum absolute atomic E-state index is 12.4. The van der Waals surface area contributed by atoms with Crippen LogP contribution in [0.3, 0.4) is 0 Å². The van der Waals surface area contributed by atoms with Crippen LogP contribution in [0.1, 0.15) is 48.7 Å². The summed E-state index contributed by atoms with van der Waals surface area (Å²) in [5, 5.41) is 13.1. The number of fused-ring (bicyclic) bond motifs is 1. The van der Waals surface area contributed by atoms with E-state index >= 15 is 0 Å². The Balaban J connectivity index is 2.07. The number of rotatable bonds is 1. The van der Waals surface area contributed by atoms with Gasteiger partial charge in [0.1, 0.15) is 5.76 Å². The number of hydrogen-bond donors (Lipinski definition) is 2. The normalized spacial score (nSPS) is 24.6. The fourth-order valence-corrected chi connectivity index (χ4v) is 3.10. The number of aliphatic hydroxyl groups excluding tert-OH is 1. The quantitative estimate of drug-likeness (QED) is 0.825. The van der Waals surface area contributed by atoms with Gasteiger partial charge in [0.25, 0.3) is 5.91 Å². The van der Waals surface area contributed by atoms with Crippen molar-refractivity contribution in [3.05, 3.63) is 46.7 Å². The highest BCUT2D eigenvalue weighted by Gasteiger charge is 2.40. The highest BCUT2D eigenvalue weighted by atomic mass is 16.3. The summed E-state index contributed by atoms with van der Waals surface area (Å²) in [6.07, 6.45) is 0.851. The summed E-state index contributed by atoms with van der Waals surface area (Å²) in [5.41, 5.74) is 1.47. The number of aliphatic hydroxyl groups is 1. The third-order valence-corrected chi connectivity index (χ3v) is 3.98. The minimum atomic E-state index is -0.512. The second kappa shape index (κ2) is 4.20. The van der Waals surface area contributed by atoms with Crippen molar-refractivity contribution >= 4 is 11.7 Å². The van der Waals surface area contributed by atoms with E-state index in [9.17, 15) is 14.7 Å². The zero-order valence-electron chi connectivity index (χ0n) is 11.6. The monoisotopic (exact) mass is 271 g/mol. The number of nitrogens with one attached hydrogen (secondary N) is 1. The van der Waals surface area contributed by atoms with Gasteiger partial charge in [-0.1, -0.05) is 32.0 Å². The van der Waals surface area contributed by atoms with Crippen molar-refractivity contribution < 1.29 is 14.7 Å². The van der Waals surface area contributed by atoms with E-state index < -0.39 is 6.04 Å². The van der Waals surface area contributed by atoms with E-state index in [1.165, 1.54) is 0 Å². The molecule has 1 amide bonds. The first kappa shape index (κ1) is 12.9. The summed E-state index contributed by atoms with van der Waals surface area (Å²) in [5.74, 6) is -0.169. The van der Waals surface area contributed by atoms with Crippen molar-refractivity contribution in [3.63, 3.8) is 0 Å². The molecule has 0 saturated heterocycles. The molecule has 2 N–H and O–H groups in total. The maximum Gasteiger partial charge on any atom is 0.252 e. The van der Waals surface area contributed by atoms with Gasteiger partial charge in [0, 0.05) is 18.4 Å². The molecule has 1 aromatic carbocycles. The molecule has 0 aromatic heterocycles. The molecule has 0 bridgehead atoms. The van der Waals surface area contributed by atoms with Crippen LogP contribution in [-0.2, 0) is 4.79 Å². The molecule has 4 heteroatoms. The second-order valence-electron chi connectivity index (χ2n) is 6.30. The highest BCUT2D eigenvalue weighted by molar-refractivity contribution is 6.04. The third kappa shape index (κ3) is 1.92. The van der Waals surface area contributed by atoms with Crippen molar-refractivity contribution in [2.24, 2.45) is 5.41 Å². The van der Waals surface area contributed by atoms with Crippen molar-refractivity contribution in [3.8, 4) is 0 Å². The van der Waals surface area contributed by atoms with Gasteiger partial charge in [0.05, 0.1) is 11.6 Å². The highest BCUT2D eigenvalue weighted by Crippen LogP contribution is 2.41. The van der Waals surface area contributed by atoms with Gasteiger partial charge in [-0.3, -0.25) is 9.59 Å². The SMILES string of the molecule is CC1(C)CC(=O)C(C2NC(=O)c3ccccc32)=C(O)C1. The zero-order valence-corrected chi connectivity index (χ0v) is 11.6. The minimum Gasteiger partial charge on any atom is -0.512 e. The number of allylic oxidation sites excluding steroid dienone is 1. The van der Waals surface area contributed by atoms with Crippen LogP contribution in [0, 0.1) is 5.41 Å². The molecule has 104 valence electrons. The molecule has 0 fully saturated rings. The van der Waals surface area contributed by atoms with E-state index in [0.29, 0.717) is 24.0 Å². The summed E-state index contributed by atoms with van der Waals surface area (Å²) in [4.78, 5) is 24.3. The second-order valence-corrected chi connectivity index (χ2v) is 6.30. The Kier molecular flexibility index (Phi) is 2.71. The molecule has 0 spiro atoms. The van der Waals surface area contributed by atoms with Gasteiger partial charge < -0.3 is 10.4 Å². The molecule has 20 heavy (non-hydrogen) atoms. The Morgan fingerprint density at radius 1 is 1.20 bits per heavy atom. The van der Waals surface area contributed by atoms with Crippen LogP contribution in [0.15, 0.2) is 35.6 Å². The average molecular weight is 271 g/mol. The van der Waals surface area contributed by atoms with Crippen LogP contribution in [-0.4, -0.2) is 16.8 Å². The Morgan fingerprint density at radius 2 is 1.90 bits per heavy atom. The van der Waals surface area contributed by atoms with Gasteiger partial charge in [0.15, 0.2) is 5.78 Å². The summed E-state index contributed by atoms with van der Waals surface area (Å²) in [7, 11) is 0. The van der Waals surface area contributed by atoms with E-state index in [0.717, 1.165) is 5.56 Å². The predicted molar refractivity (Wildman–Crippen MR) is 74.3 cm³/mol. The topological polar surface area (TPSA) is 66.4 Å². The Labute approximate surface area is 117 Å². The largest absolute Gasteiger partial charge is 0.512 e. The van der Waals surface area contributed by atoms with Gasteiger partial charge in [-0.05, 0) is 17.0 Å². The summed E-state index contributed by atoms with van der Waals surface area (Å²) in [6, 6.07) is 6.68. The van der Waals surface area contributed by atoms with Gasteiger partial charge >= 0.3 is 0 Å². The van der Waals surface area contributed by atoms with E-state index in [-0.39, 0.29) is 22.9 Å². The van der Waals surface area contributed by atoms with Crippen molar-refractivity contribution in [1.82, 2.24) is 5.32 Å². The van der Waals surface area contributed by atoms with Crippen molar-refractivity contribution in [2.45, 2.75) is 32.7 Å². The molecular formula is C16H17NO3. The zero-order chi connectivity index (χ0) is 14.5. The third-order valence-electron chi connectivity index (χ3n) is 3.98.